The van der Waals surface area contributed by atoms with E-state index in [2.05, 4.69) is 11.4 Å². The maximum atomic E-state index is 8.50. The van der Waals surface area contributed by atoms with Crippen LogP contribution in [-0.2, 0) is 8.71 Å². The summed E-state index contributed by atoms with van der Waals surface area (Å²) in [4.78, 5) is 17.0. The Morgan fingerprint density at radius 3 is 1.90 bits per heavy atom. The minimum Gasteiger partial charge on any atom is -0.328 e. The average molecular weight is 326 g/mol. The van der Waals surface area contributed by atoms with Crippen LogP contribution in [0, 0.1) is 0 Å². The minimum absolute atomic E-state index is 0.321. The van der Waals surface area contributed by atoms with Crippen LogP contribution in [0.5, 0.6) is 0 Å². The molecule has 0 aromatic carbocycles. The summed E-state index contributed by atoms with van der Waals surface area (Å²) in [5.74, 6) is 0.637. The van der Waals surface area contributed by atoms with Gasteiger partial charge in [-0.15, -0.1) is 0 Å². The number of rotatable bonds is 16. The lowest BCUT2D eigenvalue weighted by atomic mass is 10.1. The van der Waals surface area contributed by atoms with Gasteiger partial charge in [-0.25, -0.2) is 0 Å². The standard InChI is InChI=1S/C14H31O4PS/c1-2-3-4-5-6-7-8-9-10-11-12-18-20-14-13-17-19(15)16/h15-16H,2-14H2,1H3. The Bertz CT molecular complexity index is 185. The van der Waals surface area contributed by atoms with Gasteiger partial charge in [0, 0.05) is 5.75 Å². The number of hydrogen-bond donors (Lipinski definition) is 2. The molecule has 122 valence electrons. The first kappa shape index (κ1) is 20.6. The molecule has 0 amide bonds. The highest BCUT2D eigenvalue weighted by Crippen LogP contribution is 2.24. The molecule has 0 heterocycles. The SMILES string of the molecule is CCCCCCCCCCCCOSCCOP(O)O. The Hall–Kier alpha value is 0.620. The summed E-state index contributed by atoms with van der Waals surface area (Å²) in [5.41, 5.74) is 0. The summed E-state index contributed by atoms with van der Waals surface area (Å²) in [6, 6.07) is 0. The zero-order valence-corrected chi connectivity index (χ0v) is 14.5. The van der Waals surface area contributed by atoms with E-state index in [1.807, 2.05) is 0 Å². The molecule has 6 heteroatoms. The molecule has 0 atom stereocenters. The van der Waals surface area contributed by atoms with Crippen molar-refractivity contribution in [3.63, 3.8) is 0 Å². The number of unbranched alkanes of at least 4 members (excludes halogenated alkanes) is 9. The first-order valence-corrected chi connectivity index (χ1v) is 9.90. The van der Waals surface area contributed by atoms with E-state index < -0.39 is 8.60 Å². The van der Waals surface area contributed by atoms with Crippen molar-refractivity contribution in [2.45, 2.75) is 71.1 Å². The third-order valence-corrected chi connectivity index (χ3v) is 4.12. The molecule has 0 aromatic heterocycles. The Morgan fingerprint density at radius 2 is 1.35 bits per heavy atom. The lowest BCUT2D eigenvalue weighted by Gasteiger charge is -2.04. The summed E-state index contributed by atoms with van der Waals surface area (Å²) < 4.78 is 9.99. The molecular weight excluding hydrogens is 295 g/mol. The van der Waals surface area contributed by atoms with Gasteiger partial charge >= 0.3 is 8.60 Å². The molecule has 0 aromatic rings. The normalized spacial score (nSPS) is 11.4. The van der Waals surface area contributed by atoms with Gasteiger partial charge in [-0.2, -0.15) is 0 Å². The van der Waals surface area contributed by atoms with Gasteiger partial charge in [-0.05, 0) is 18.5 Å². The first-order chi connectivity index (χ1) is 9.77. The van der Waals surface area contributed by atoms with Crippen LogP contribution in [0.4, 0.5) is 0 Å². The molecule has 20 heavy (non-hydrogen) atoms. The van der Waals surface area contributed by atoms with Crippen molar-refractivity contribution in [2.24, 2.45) is 0 Å². The Morgan fingerprint density at radius 1 is 0.800 bits per heavy atom. The van der Waals surface area contributed by atoms with Gasteiger partial charge in [0.1, 0.15) is 0 Å². The molecule has 0 saturated heterocycles. The maximum Gasteiger partial charge on any atom is 0.327 e. The molecule has 4 nitrogen and oxygen atoms in total. The van der Waals surface area contributed by atoms with Crippen molar-refractivity contribution in [1.29, 1.82) is 0 Å². The molecule has 0 aliphatic heterocycles. The summed E-state index contributed by atoms with van der Waals surface area (Å²) in [7, 11) is -2.21. The predicted octanol–water partition coefficient (Wildman–Crippen LogP) is 4.80. The molecule has 0 spiro atoms. The third-order valence-electron chi connectivity index (χ3n) is 3.04. The van der Waals surface area contributed by atoms with Gasteiger partial charge in [0.05, 0.1) is 13.2 Å². The van der Waals surface area contributed by atoms with E-state index >= 15 is 0 Å². The van der Waals surface area contributed by atoms with E-state index in [0.29, 0.717) is 12.4 Å². The van der Waals surface area contributed by atoms with Crippen molar-refractivity contribution in [2.75, 3.05) is 19.0 Å². The van der Waals surface area contributed by atoms with Gasteiger partial charge in [0.25, 0.3) is 0 Å². The molecule has 0 aliphatic rings. The quantitative estimate of drug-likeness (QED) is 0.242. The van der Waals surface area contributed by atoms with Gasteiger partial charge in [-0.3, -0.25) is 0 Å². The van der Waals surface area contributed by atoms with Crippen LogP contribution in [-0.4, -0.2) is 28.8 Å². The van der Waals surface area contributed by atoms with E-state index in [-0.39, 0.29) is 0 Å². The van der Waals surface area contributed by atoms with Crippen LogP contribution < -0.4 is 0 Å². The van der Waals surface area contributed by atoms with Gasteiger partial charge in [0.2, 0.25) is 0 Å². The molecule has 2 N–H and O–H groups in total. The fourth-order valence-electron chi connectivity index (χ4n) is 1.92. The zero-order chi connectivity index (χ0) is 14.9. The summed E-state index contributed by atoms with van der Waals surface area (Å²) in [6.45, 7) is 3.35. The topological polar surface area (TPSA) is 58.9 Å². The summed E-state index contributed by atoms with van der Waals surface area (Å²) in [5, 5.41) is 0. The van der Waals surface area contributed by atoms with Gasteiger partial charge in [-0.1, -0.05) is 64.7 Å². The second-order valence-electron chi connectivity index (χ2n) is 4.91. The van der Waals surface area contributed by atoms with Gasteiger partial charge in [0.15, 0.2) is 0 Å². The van der Waals surface area contributed by atoms with E-state index in [9.17, 15) is 0 Å². The van der Waals surface area contributed by atoms with E-state index in [1.54, 1.807) is 0 Å². The van der Waals surface area contributed by atoms with Crippen molar-refractivity contribution in [1.82, 2.24) is 0 Å². The number of hydrogen-bond acceptors (Lipinski definition) is 5. The van der Waals surface area contributed by atoms with Gasteiger partial charge < -0.3 is 18.5 Å². The Kier molecular flexibility index (Phi) is 18.2. The molecule has 0 saturated carbocycles. The van der Waals surface area contributed by atoms with Crippen LogP contribution >= 0.6 is 20.6 Å². The largest absolute Gasteiger partial charge is 0.328 e. The second kappa shape index (κ2) is 17.7. The van der Waals surface area contributed by atoms with E-state index in [4.69, 9.17) is 14.0 Å². The highest BCUT2D eigenvalue weighted by molar-refractivity contribution is 7.94. The molecule has 0 unspecified atom stereocenters. The highest BCUT2D eigenvalue weighted by Gasteiger charge is 1.98. The highest BCUT2D eigenvalue weighted by atomic mass is 32.2. The first-order valence-electron chi connectivity index (χ1n) is 7.82. The molecule has 0 bridgehead atoms. The Labute approximate surface area is 129 Å². The van der Waals surface area contributed by atoms with Crippen molar-refractivity contribution >= 4 is 20.6 Å². The van der Waals surface area contributed by atoms with E-state index in [0.717, 1.165) is 13.0 Å². The average Bonchev–Trinajstić information content (AvgIpc) is 2.43. The van der Waals surface area contributed by atoms with Crippen LogP contribution in [0.1, 0.15) is 71.1 Å². The molecular formula is C14H31O4PS. The van der Waals surface area contributed by atoms with Crippen LogP contribution in [0.25, 0.3) is 0 Å². The van der Waals surface area contributed by atoms with Crippen molar-refractivity contribution < 1.29 is 18.5 Å². The maximum absolute atomic E-state index is 8.50. The summed E-state index contributed by atoms with van der Waals surface area (Å²) >= 11 is 1.34. The molecule has 0 rings (SSSR count). The fourth-order valence-corrected chi connectivity index (χ4v) is 2.80. The Balaban J connectivity index is 2.92. The van der Waals surface area contributed by atoms with Crippen molar-refractivity contribution in [3.8, 4) is 0 Å². The minimum atomic E-state index is -2.21. The fraction of sp³-hybridized carbons (Fsp3) is 1.00. The molecule has 0 aliphatic carbocycles. The predicted molar refractivity (Wildman–Crippen MR) is 87.6 cm³/mol. The zero-order valence-electron chi connectivity index (χ0n) is 12.8. The lowest BCUT2D eigenvalue weighted by molar-refractivity contribution is 0.269. The third kappa shape index (κ3) is 18.6. The van der Waals surface area contributed by atoms with Crippen LogP contribution in [0.3, 0.4) is 0 Å². The van der Waals surface area contributed by atoms with Crippen LogP contribution in [0.15, 0.2) is 0 Å². The van der Waals surface area contributed by atoms with E-state index in [1.165, 1.54) is 69.8 Å². The summed E-state index contributed by atoms with van der Waals surface area (Å²) in [6.07, 6.45) is 13.3. The van der Waals surface area contributed by atoms with Crippen molar-refractivity contribution in [3.05, 3.63) is 0 Å². The van der Waals surface area contributed by atoms with Crippen LogP contribution in [0.2, 0.25) is 0 Å². The molecule has 0 radical (unpaired) electrons. The molecule has 0 fully saturated rings. The lowest BCUT2D eigenvalue weighted by Crippen LogP contribution is -1.95. The second-order valence-corrected chi connectivity index (χ2v) is 6.56. The smallest absolute Gasteiger partial charge is 0.327 e. The monoisotopic (exact) mass is 326 g/mol.